The highest BCUT2D eigenvalue weighted by molar-refractivity contribution is 7.17. The van der Waals surface area contributed by atoms with Gasteiger partial charge in [0.25, 0.3) is 0 Å². The molecule has 0 amide bonds. The summed E-state index contributed by atoms with van der Waals surface area (Å²) in [5.41, 5.74) is 1.04. The van der Waals surface area contributed by atoms with Crippen LogP contribution in [-0.2, 0) is 0 Å². The first-order valence-corrected chi connectivity index (χ1v) is 10.3. The zero-order chi connectivity index (χ0) is 18.4. The lowest BCUT2D eigenvalue weighted by atomic mass is 9.92. The van der Waals surface area contributed by atoms with Gasteiger partial charge in [0, 0.05) is 39.9 Å². The van der Waals surface area contributed by atoms with E-state index < -0.39 is 0 Å². The summed E-state index contributed by atoms with van der Waals surface area (Å²) in [5, 5.41) is 2.10. The number of piperidine rings is 1. The lowest BCUT2D eigenvalue weighted by molar-refractivity contribution is 0.387. The summed E-state index contributed by atoms with van der Waals surface area (Å²) >= 11 is 1.73. The monoisotopic (exact) mass is 381 g/mol. The number of thiophene rings is 1. The van der Waals surface area contributed by atoms with Crippen LogP contribution in [0, 0.1) is 5.92 Å². The maximum Gasteiger partial charge on any atom is 0.227 e. The van der Waals surface area contributed by atoms with Crippen LogP contribution in [0.1, 0.15) is 12.8 Å². The summed E-state index contributed by atoms with van der Waals surface area (Å²) in [6, 6.07) is 4.48. The number of nitrogens with zero attached hydrogens (tertiary/aromatic N) is 7. The molecule has 0 aliphatic carbocycles. The van der Waals surface area contributed by atoms with Gasteiger partial charge in [0.1, 0.15) is 18.0 Å². The number of rotatable bonds is 3. The van der Waals surface area contributed by atoms with Crippen LogP contribution < -0.4 is 14.7 Å². The lowest BCUT2D eigenvalue weighted by Crippen LogP contribution is -2.49. The van der Waals surface area contributed by atoms with Gasteiger partial charge < -0.3 is 14.7 Å². The smallest absolute Gasteiger partial charge is 0.227 e. The molecular weight excluding hydrogens is 358 g/mol. The summed E-state index contributed by atoms with van der Waals surface area (Å²) < 4.78 is 1.20. The van der Waals surface area contributed by atoms with E-state index in [1.807, 2.05) is 31.3 Å². The predicted octanol–water partition coefficient (Wildman–Crippen LogP) is 2.65. The van der Waals surface area contributed by atoms with Crippen molar-refractivity contribution in [2.24, 2.45) is 5.92 Å². The van der Waals surface area contributed by atoms with Gasteiger partial charge in [-0.2, -0.15) is 4.98 Å². The minimum Gasteiger partial charge on any atom is -0.363 e. The van der Waals surface area contributed by atoms with Gasteiger partial charge in [-0.1, -0.05) is 0 Å². The Bertz CT molecular complexity index is 956. The van der Waals surface area contributed by atoms with Crippen molar-refractivity contribution in [1.82, 2.24) is 19.9 Å². The molecule has 8 heteroatoms. The normalized spacial score (nSPS) is 22.3. The van der Waals surface area contributed by atoms with Crippen molar-refractivity contribution in [2.75, 3.05) is 48.4 Å². The van der Waals surface area contributed by atoms with Crippen molar-refractivity contribution in [3.8, 4) is 0 Å². The highest BCUT2D eigenvalue weighted by Crippen LogP contribution is 2.38. The van der Waals surface area contributed by atoms with Crippen molar-refractivity contribution in [1.29, 1.82) is 0 Å². The highest BCUT2D eigenvalue weighted by atomic mass is 32.1. The average molecular weight is 382 g/mol. The van der Waals surface area contributed by atoms with E-state index in [4.69, 9.17) is 4.98 Å². The van der Waals surface area contributed by atoms with Crippen molar-refractivity contribution < 1.29 is 0 Å². The van der Waals surface area contributed by atoms with Crippen LogP contribution in [0.5, 0.6) is 0 Å². The second-order valence-corrected chi connectivity index (χ2v) is 8.40. The van der Waals surface area contributed by atoms with E-state index in [-0.39, 0.29) is 0 Å². The fraction of sp³-hybridized carbons (Fsp3) is 0.474. The van der Waals surface area contributed by atoms with E-state index in [1.165, 1.54) is 17.5 Å². The number of fused-ring (bicyclic) bond motifs is 2. The molecule has 2 aliphatic rings. The maximum atomic E-state index is 4.75. The number of anilines is 3. The quantitative estimate of drug-likeness (QED) is 0.691. The van der Waals surface area contributed by atoms with Crippen molar-refractivity contribution in [2.45, 2.75) is 18.9 Å². The zero-order valence-corrected chi connectivity index (χ0v) is 16.4. The third-order valence-corrected chi connectivity index (χ3v) is 6.63. The number of hydrogen-bond acceptors (Lipinski definition) is 8. The van der Waals surface area contributed by atoms with Crippen LogP contribution in [0.4, 0.5) is 17.6 Å². The van der Waals surface area contributed by atoms with E-state index in [9.17, 15) is 0 Å². The van der Waals surface area contributed by atoms with Crippen LogP contribution in [0.2, 0.25) is 0 Å². The molecule has 5 rings (SSSR count). The molecule has 2 fully saturated rings. The van der Waals surface area contributed by atoms with Gasteiger partial charge in [-0.25, -0.2) is 15.0 Å². The van der Waals surface area contributed by atoms with Gasteiger partial charge in [0.15, 0.2) is 0 Å². The molecule has 2 unspecified atom stereocenters. The van der Waals surface area contributed by atoms with Crippen molar-refractivity contribution in [3.63, 3.8) is 0 Å². The Kier molecular flexibility index (Phi) is 4.07. The minimum absolute atomic E-state index is 0.450. The first-order chi connectivity index (χ1) is 13.2. The summed E-state index contributed by atoms with van der Waals surface area (Å²) in [7, 11) is 4.02. The largest absolute Gasteiger partial charge is 0.363 e. The molecule has 0 radical (unpaired) electrons. The molecule has 140 valence electrons. The molecule has 0 N–H and O–H groups in total. The molecule has 0 bridgehead atoms. The highest BCUT2D eigenvalue weighted by Gasteiger charge is 2.40. The molecule has 27 heavy (non-hydrogen) atoms. The Morgan fingerprint density at radius 3 is 2.89 bits per heavy atom. The maximum absolute atomic E-state index is 4.75. The predicted molar refractivity (Wildman–Crippen MR) is 110 cm³/mol. The molecule has 2 atom stereocenters. The first kappa shape index (κ1) is 16.7. The Morgan fingerprint density at radius 2 is 2.00 bits per heavy atom. The second-order valence-electron chi connectivity index (χ2n) is 7.49. The Morgan fingerprint density at radius 1 is 1.11 bits per heavy atom. The molecule has 3 aromatic rings. The SMILES string of the molecule is CN(C)c1ccnc(N2CCC3CCN(c4ncnc5ccsc45)C3C2)n1. The van der Waals surface area contributed by atoms with E-state index in [2.05, 4.69) is 36.2 Å². The van der Waals surface area contributed by atoms with E-state index in [0.29, 0.717) is 12.0 Å². The van der Waals surface area contributed by atoms with Crippen molar-refractivity contribution >= 4 is 39.1 Å². The summed E-state index contributed by atoms with van der Waals surface area (Å²) in [5.74, 6) is 3.58. The van der Waals surface area contributed by atoms with Crippen LogP contribution in [0.25, 0.3) is 10.2 Å². The molecule has 0 spiro atoms. The fourth-order valence-corrected chi connectivity index (χ4v) is 5.16. The average Bonchev–Trinajstić information content (AvgIpc) is 3.34. The third kappa shape index (κ3) is 2.88. The van der Waals surface area contributed by atoms with Crippen LogP contribution in [0.15, 0.2) is 30.0 Å². The molecule has 2 aliphatic heterocycles. The zero-order valence-electron chi connectivity index (χ0n) is 15.6. The summed E-state index contributed by atoms with van der Waals surface area (Å²) in [6.07, 6.45) is 5.96. The van der Waals surface area contributed by atoms with Gasteiger partial charge in [0.05, 0.1) is 16.3 Å². The van der Waals surface area contributed by atoms with Gasteiger partial charge in [-0.05, 0) is 36.3 Å². The second kappa shape index (κ2) is 6.60. The summed E-state index contributed by atoms with van der Waals surface area (Å²) in [4.78, 5) is 25.2. The van der Waals surface area contributed by atoms with E-state index in [0.717, 1.165) is 42.7 Å². The van der Waals surface area contributed by atoms with Gasteiger partial charge in [-0.15, -0.1) is 11.3 Å². The van der Waals surface area contributed by atoms with E-state index >= 15 is 0 Å². The molecule has 0 saturated carbocycles. The first-order valence-electron chi connectivity index (χ1n) is 9.41. The molecule has 0 aromatic carbocycles. The standard InChI is InChI=1S/C19H23N7S/c1-24(2)16-3-7-20-19(23-16)25-8-4-13-5-9-26(15(13)11-25)18-17-14(6-10-27-17)21-12-22-18/h3,6-7,10,12-13,15H,4-5,8-9,11H2,1-2H3. The summed E-state index contributed by atoms with van der Waals surface area (Å²) in [6.45, 7) is 3.02. The Labute approximate surface area is 162 Å². The van der Waals surface area contributed by atoms with E-state index in [1.54, 1.807) is 17.7 Å². The fourth-order valence-electron chi connectivity index (χ4n) is 4.31. The lowest BCUT2D eigenvalue weighted by Gasteiger charge is -2.39. The molecule has 3 aromatic heterocycles. The van der Waals surface area contributed by atoms with Crippen LogP contribution in [0.3, 0.4) is 0 Å². The van der Waals surface area contributed by atoms with Crippen LogP contribution in [-0.4, -0.2) is 59.7 Å². The van der Waals surface area contributed by atoms with Crippen LogP contribution >= 0.6 is 11.3 Å². The molecule has 5 heterocycles. The number of aromatic nitrogens is 4. The minimum atomic E-state index is 0.450. The molecular formula is C19H23N7S. The third-order valence-electron chi connectivity index (χ3n) is 5.73. The van der Waals surface area contributed by atoms with Crippen molar-refractivity contribution in [3.05, 3.63) is 30.0 Å². The van der Waals surface area contributed by atoms with Gasteiger partial charge in [-0.3, -0.25) is 0 Å². The van der Waals surface area contributed by atoms with Gasteiger partial charge in [0.2, 0.25) is 5.95 Å². The Hall–Kier alpha value is -2.48. The topological polar surface area (TPSA) is 61.3 Å². The van der Waals surface area contributed by atoms with Gasteiger partial charge >= 0.3 is 0 Å². The molecule has 7 nitrogen and oxygen atoms in total. The number of hydrogen-bond donors (Lipinski definition) is 0. The molecule has 2 saturated heterocycles. The Balaban J connectivity index is 1.44.